The van der Waals surface area contributed by atoms with E-state index in [9.17, 15) is 13.2 Å². The molecule has 0 aliphatic carbocycles. The van der Waals surface area contributed by atoms with Gasteiger partial charge in [0.15, 0.2) is 9.84 Å². The Morgan fingerprint density at radius 3 is 3.05 bits per heavy atom. The molecule has 2 aliphatic heterocycles. The largest absolute Gasteiger partial charge is 0.315 e. The third kappa shape index (κ3) is 2.87. The number of aryl methyl sites for hydroxylation is 1. The van der Waals surface area contributed by atoms with Crippen molar-refractivity contribution in [2.75, 3.05) is 16.8 Å². The molecule has 0 bridgehead atoms. The second kappa shape index (κ2) is 5.20. The number of rotatable bonds is 3. The van der Waals surface area contributed by atoms with Crippen molar-refractivity contribution in [1.82, 2.24) is 9.55 Å². The molecule has 1 saturated heterocycles. The van der Waals surface area contributed by atoms with Crippen molar-refractivity contribution in [2.45, 2.75) is 38.6 Å². The number of hydrogen-bond donors (Lipinski definition) is 1. The predicted molar refractivity (Wildman–Crippen MR) is 75.2 cm³/mol. The summed E-state index contributed by atoms with van der Waals surface area (Å²) in [5.74, 6) is 1.97. The van der Waals surface area contributed by atoms with Crippen molar-refractivity contribution in [3.05, 3.63) is 12.0 Å². The fourth-order valence-electron chi connectivity index (χ4n) is 3.00. The molecule has 3 heterocycles. The van der Waals surface area contributed by atoms with Crippen LogP contribution in [0.4, 0.5) is 5.82 Å². The Balaban J connectivity index is 1.61. The lowest BCUT2D eigenvalue weighted by Crippen LogP contribution is -2.20. The maximum atomic E-state index is 12.0. The highest BCUT2D eigenvalue weighted by molar-refractivity contribution is 7.91. The van der Waals surface area contributed by atoms with Crippen LogP contribution in [-0.4, -0.2) is 35.4 Å². The van der Waals surface area contributed by atoms with E-state index in [1.165, 1.54) is 0 Å². The summed E-state index contributed by atoms with van der Waals surface area (Å²) in [6.07, 6.45) is 5.78. The fourth-order valence-corrected chi connectivity index (χ4v) is 4.87. The molecule has 1 aromatic rings. The molecule has 1 amide bonds. The molecule has 0 spiro atoms. The fraction of sp³-hybridized carbons (Fsp3) is 0.692. The van der Waals surface area contributed by atoms with Crippen molar-refractivity contribution in [1.29, 1.82) is 0 Å². The molecule has 3 rings (SSSR count). The number of aromatic nitrogens is 2. The van der Waals surface area contributed by atoms with Crippen LogP contribution in [0.3, 0.4) is 0 Å². The van der Waals surface area contributed by atoms with Crippen molar-refractivity contribution in [3.63, 3.8) is 0 Å². The number of amides is 1. The van der Waals surface area contributed by atoms with Crippen LogP contribution in [0.15, 0.2) is 6.20 Å². The quantitative estimate of drug-likeness (QED) is 0.902. The van der Waals surface area contributed by atoms with Gasteiger partial charge in [0.05, 0.1) is 17.7 Å². The molecule has 110 valence electrons. The van der Waals surface area contributed by atoms with E-state index in [0.29, 0.717) is 6.42 Å². The molecular weight excluding hydrogens is 278 g/mol. The number of sulfone groups is 1. The maximum Gasteiger partial charge on any atom is 0.225 e. The zero-order valence-electron chi connectivity index (χ0n) is 11.3. The van der Waals surface area contributed by atoms with Gasteiger partial charge in [-0.05, 0) is 25.2 Å². The highest BCUT2D eigenvalue weighted by Crippen LogP contribution is 2.23. The lowest BCUT2D eigenvalue weighted by atomic mass is 10.1. The van der Waals surface area contributed by atoms with Gasteiger partial charge in [0.25, 0.3) is 0 Å². The molecule has 0 saturated carbocycles. The Labute approximate surface area is 118 Å². The first kappa shape index (κ1) is 13.6. The van der Waals surface area contributed by atoms with Crippen LogP contribution in [-0.2, 0) is 27.6 Å². The maximum absolute atomic E-state index is 12.0. The number of hydrogen-bond acceptors (Lipinski definition) is 4. The molecule has 1 atom stereocenters. The van der Waals surface area contributed by atoms with Crippen LogP contribution in [0.25, 0.3) is 0 Å². The number of fused-ring (bicyclic) bond motifs is 1. The first-order chi connectivity index (χ1) is 9.53. The van der Waals surface area contributed by atoms with E-state index in [0.717, 1.165) is 37.4 Å². The summed E-state index contributed by atoms with van der Waals surface area (Å²) >= 11 is 0. The van der Waals surface area contributed by atoms with E-state index in [1.54, 1.807) is 6.20 Å². The highest BCUT2D eigenvalue weighted by Gasteiger charge is 2.29. The number of imidazole rings is 1. The standard InChI is InChI=1S/C13H19N3O3S/c17-13(7-10-4-6-20(18,19)9-10)15-12-8-14-11-3-1-2-5-16(11)12/h8,10H,1-7,9H2,(H,15,17). The molecule has 1 fully saturated rings. The number of anilines is 1. The summed E-state index contributed by atoms with van der Waals surface area (Å²) in [6.45, 7) is 0.892. The zero-order valence-corrected chi connectivity index (χ0v) is 12.2. The van der Waals surface area contributed by atoms with E-state index >= 15 is 0 Å². The Bertz CT molecular complexity index is 621. The van der Waals surface area contributed by atoms with Gasteiger partial charge in [-0.3, -0.25) is 4.79 Å². The van der Waals surface area contributed by atoms with Gasteiger partial charge in [0, 0.05) is 19.4 Å². The van der Waals surface area contributed by atoms with Crippen LogP contribution in [0.2, 0.25) is 0 Å². The monoisotopic (exact) mass is 297 g/mol. The van der Waals surface area contributed by atoms with Crippen LogP contribution >= 0.6 is 0 Å². The van der Waals surface area contributed by atoms with Crippen molar-refractivity contribution in [3.8, 4) is 0 Å². The van der Waals surface area contributed by atoms with E-state index in [-0.39, 0.29) is 29.8 Å². The topological polar surface area (TPSA) is 81.1 Å². The number of nitrogens with one attached hydrogen (secondary N) is 1. The first-order valence-corrected chi connectivity index (χ1v) is 8.90. The summed E-state index contributed by atoms with van der Waals surface area (Å²) in [4.78, 5) is 16.3. The SMILES string of the molecule is O=C(CC1CCS(=O)(=O)C1)Nc1cnc2n1CCCC2. The molecule has 1 aromatic heterocycles. The molecule has 0 aromatic carbocycles. The number of carbonyl (C=O) groups excluding carboxylic acids is 1. The molecular formula is C13H19N3O3S. The lowest BCUT2D eigenvalue weighted by Gasteiger charge is -2.17. The van der Waals surface area contributed by atoms with Gasteiger partial charge in [-0.25, -0.2) is 13.4 Å². The Morgan fingerprint density at radius 2 is 2.30 bits per heavy atom. The second-order valence-corrected chi connectivity index (χ2v) is 7.92. The smallest absolute Gasteiger partial charge is 0.225 e. The third-order valence-corrected chi connectivity index (χ3v) is 5.88. The molecule has 1 N–H and O–H groups in total. The minimum Gasteiger partial charge on any atom is -0.315 e. The Kier molecular flexibility index (Phi) is 3.54. The van der Waals surface area contributed by atoms with Crippen LogP contribution in [0, 0.1) is 5.92 Å². The number of nitrogens with zero attached hydrogens (tertiary/aromatic N) is 2. The van der Waals surface area contributed by atoms with Crippen LogP contribution < -0.4 is 5.32 Å². The molecule has 2 aliphatic rings. The average Bonchev–Trinajstić information content (AvgIpc) is 2.94. The summed E-state index contributed by atoms with van der Waals surface area (Å²) in [5, 5.41) is 2.87. The molecule has 6 nitrogen and oxygen atoms in total. The molecule has 7 heteroatoms. The summed E-state index contributed by atoms with van der Waals surface area (Å²) in [7, 11) is -2.92. The number of carbonyl (C=O) groups is 1. The zero-order chi connectivity index (χ0) is 14.2. The van der Waals surface area contributed by atoms with Crippen molar-refractivity contribution < 1.29 is 13.2 Å². The van der Waals surface area contributed by atoms with Gasteiger partial charge < -0.3 is 9.88 Å². The van der Waals surface area contributed by atoms with E-state index < -0.39 is 9.84 Å². The minimum atomic E-state index is -2.92. The summed E-state index contributed by atoms with van der Waals surface area (Å²) in [5.41, 5.74) is 0. The second-order valence-electron chi connectivity index (χ2n) is 5.69. The molecule has 1 unspecified atom stereocenters. The predicted octanol–water partition coefficient (Wildman–Crippen LogP) is 0.983. The van der Waals surface area contributed by atoms with Gasteiger partial charge in [-0.1, -0.05) is 0 Å². The van der Waals surface area contributed by atoms with Gasteiger partial charge in [-0.15, -0.1) is 0 Å². The van der Waals surface area contributed by atoms with Crippen LogP contribution in [0.5, 0.6) is 0 Å². The average molecular weight is 297 g/mol. The molecule has 0 radical (unpaired) electrons. The van der Waals surface area contributed by atoms with E-state index in [4.69, 9.17) is 0 Å². The van der Waals surface area contributed by atoms with E-state index in [2.05, 4.69) is 10.3 Å². The van der Waals surface area contributed by atoms with Crippen LogP contribution in [0.1, 0.15) is 31.5 Å². The minimum absolute atomic E-state index is 0.0382. The van der Waals surface area contributed by atoms with Gasteiger partial charge in [-0.2, -0.15) is 0 Å². The Hall–Kier alpha value is -1.37. The van der Waals surface area contributed by atoms with Crippen molar-refractivity contribution >= 4 is 21.6 Å². The normalized spacial score (nSPS) is 24.3. The first-order valence-electron chi connectivity index (χ1n) is 7.08. The van der Waals surface area contributed by atoms with Gasteiger partial charge in [0.2, 0.25) is 5.91 Å². The van der Waals surface area contributed by atoms with Gasteiger partial charge in [0.1, 0.15) is 11.6 Å². The van der Waals surface area contributed by atoms with E-state index in [1.807, 2.05) is 4.57 Å². The highest BCUT2D eigenvalue weighted by atomic mass is 32.2. The summed E-state index contributed by atoms with van der Waals surface area (Å²) in [6, 6.07) is 0. The Morgan fingerprint density at radius 1 is 1.45 bits per heavy atom. The summed E-state index contributed by atoms with van der Waals surface area (Å²) < 4.78 is 24.8. The van der Waals surface area contributed by atoms with Gasteiger partial charge >= 0.3 is 0 Å². The third-order valence-electron chi connectivity index (χ3n) is 4.04. The molecule has 20 heavy (non-hydrogen) atoms. The van der Waals surface area contributed by atoms with Crippen molar-refractivity contribution in [2.24, 2.45) is 5.92 Å². The lowest BCUT2D eigenvalue weighted by molar-refractivity contribution is -0.116.